The molecule has 1 aromatic heterocycles. The van der Waals surface area contributed by atoms with Gasteiger partial charge in [0.1, 0.15) is 6.10 Å². The first-order chi connectivity index (χ1) is 9.24. The molecule has 0 amide bonds. The number of aromatic nitrogens is 2. The fourth-order valence-electron chi connectivity index (χ4n) is 2.51. The fraction of sp³-hybridized carbons (Fsp3) is 0.615. The SMILES string of the molecule is CCC1CCCC(Oc2nccnc2C(N)=NO)C1. The van der Waals surface area contributed by atoms with E-state index < -0.39 is 0 Å². The van der Waals surface area contributed by atoms with Crippen molar-refractivity contribution >= 4 is 5.84 Å². The van der Waals surface area contributed by atoms with Crippen molar-refractivity contribution in [3.8, 4) is 5.88 Å². The van der Waals surface area contributed by atoms with Crippen molar-refractivity contribution in [3.63, 3.8) is 0 Å². The third-order valence-corrected chi connectivity index (χ3v) is 3.61. The van der Waals surface area contributed by atoms with Crippen LogP contribution in [0.15, 0.2) is 17.5 Å². The zero-order valence-electron chi connectivity index (χ0n) is 11.1. The van der Waals surface area contributed by atoms with Crippen molar-refractivity contribution < 1.29 is 9.94 Å². The molecule has 2 rings (SSSR count). The molecule has 1 heterocycles. The van der Waals surface area contributed by atoms with Crippen molar-refractivity contribution in [2.24, 2.45) is 16.8 Å². The van der Waals surface area contributed by atoms with Crippen LogP contribution in [-0.2, 0) is 0 Å². The monoisotopic (exact) mass is 264 g/mol. The van der Waals surface area contributed by atoms with E-state index in [2.05, 4.69) is 22.0 Å². The molecular formula is C13H20N4O2. The van der Waals surface area contributed by atoms with Crippen LogP contribution in [0, 0.1) is 5.92 Å². The number of nitrogens with zero attached hydrogens (tertiary/aromatic N) is 3. The minimum atomic E-state index is -0.0778. The lowest BCUT2D eigenvalue weighted by Crippen LogP contribution is -2.27. The van der Waals surface area contributed by atoms with Crippen LogP contribution in [0.2, 0.25) is 0 Å². The molecule has 0 bridgehead atoms. The van der Waals surface area contributed by atoms with Crippen LogP contribution in [0.3, 0.4) is 0 Å². The van der Waals surface area contributed by atoms with E-state index in [1.54, 1.807) is 6.20 Å². The van der Waals surface area contributed by atoms with E-state index >= 15 is 0 Å². The maximum atomic E-state index is 8.74. The van der Waals surface area contributed by atoms with Crippen LogP contribution < -0.4 is 10.5 Å². The van der Waals surface area contributed by atoms with E-state index in [9.17, 15) is 0 Å². The van der Waals surface area contributed by atoms with Crippen molar-refractivity contribution in [2.75, 3.05) is 0 Å². The zero-order chi connectivity index (χ0) is 13.7. The lowest BCUT2D eigenvalue weighted by Gasteiger charge is -2.28. The van der Waals surface area contributed by atoms with Gasteiger partial charge in [-0.25, -0.2) is 9.97 Å². The molecule has 1 aromatic rings. The molecule has 6 nitrogen and oxygen atoms in total. The average molecular weight is 264 g/mol. The maximum absolute atomic E-state index is 8.74. The Bertz CT molecular complexity index is 450. The predicted molar refractivity (Wildman–Crippen MR) is 71.2 cm³/mol. The highest BCUT2D eigenvalue weighted by molar-refractivity contribution is 5.97. The van der Waals surface area contributed by atoms with Crippen molar-refractivity contribution in [1.82, 2.24) is 9.97 Å². The molecule has 2 unspecified atom stereocenters. The van der Waals surface area contributed by atoms with E-state index in [1.165, 1.54) is 25.5 Å². The quantitative estimate of drug-likeness (QED) is 0.375. The number of hydrogen-bond acceptors (Lipinski definition) is 5. The topological polar surface area (TPSA) is 93.6 Å². The van der Waals surface area contributed by atoms with Gasteiger partial charge in [0.15, 0.2) is 11.5 Å². The van der Waals surface area contributed by atoms with Gasteiger partial charge in [0.2, 0.25) is 5.88 Å². The van der Waals surface area contributed by atoms with E-state index in [4.69, 9.17) is 15.7 Å². The van der Waals surface area contributed by atoms with Gasteiger partial charge in [0, 0.05) is 12.4 Å². The minimum absolute atomic E-state index is 0.0778. The summed E-state index contributed by atoms with van der Waals surface area (Å²) in [5.41, 5.74) is 5.87. The molecule has 0 radical (unpaired) electrons. The average Bonchev–Trinajstić information content (AvgIpc) is 2.47. The van der Waals surface area contributed by atoms with Gasteiger partial charge in [-0.05, 0) is 25.2 Å². The Morgan fingerprint density at radius 2 is 2.26 bits per heavy atom. The summed E-state index contributed by atoms with van der Waals surface area (Å²) in [6.07, 6.45) is 8.84. The second kappa shape index (κ2) is 6.36. The predicted octanol–water partition coefficient (Wildman–Crippen LogP) is 1.92. The highest BCUT2D eigenvalue weighted by atomic mass is 16.5. The van der Waals surface area contributed by atoms with Crippen LogP contribution in [0.5, 0.6) is 5.88 Å². The van der Waals surface area contributed by atoms with Gasteiger partial charge in [0.25, 0.3) is 0 Å². The van der Waals surface area contributed by atoms with Crippen LogP contribution in [0.25, 0.3) is 0 Å². The summed E-state index contributed by atoms with van der Waals surface area (Å²) in [5.74, 6) is 0.980. The second-order valence-electron chi connectivity index (χ2n) is 4.88. The van der Waals surface area contributed by atoms with Gasteiger partial charge >= 0.3 is 0 Å². The summed E-state index contributed by atoms with van der Waals surface area (Å²) in [5, 5.41) is 11.7. The summed E-state index contributed by atoms with van der Waals surface area (Å²) >= 11 is 0. The Kier molecular flexibility index (Phi) is 4.54. The number of oxime groups is 1. The molecule has 6 heteroatoms. The summed E-state index contributed by atoms with van der Waals surface area (Å²) < 4.78 is 5.90. The molecule has 0 aromatic carbocycles. The van der Waals surface area contributed by atoms with Gasteiger partial charge in [-0.15, -0.1) is 0 Å². The smallest absolute Gasteiger partial charge is 0.244 e. The molecule has 1 fully saturated rings. The van der Waals surface area contributed by atoms with Crippen LogP contribution in [-0.4, -0.2) is 27.1 Å². The third-order valence-electron chi connectivity index (χ3n) is 3.61. The Morgan fingerprint density at radius 3 is 3.00 bits per heavy atom. The second-order valence-corrected chi connectivity index (χ2v) is 4.88. The first kappa shape index (κ1) is 13.6. The van der Waals surface area contributed by atoms with E-state index in [1.807, 2.05) is 0 Å². The number of ether oxygens (including phenoxy) is 1. The van der Waals surface area contributed by atoms with E-state index in [0.717, 1.165) is 12.8 Å². The zero-order valence-corrected chi connectivity index (χ0v) is 11.1. The lowest BCUT2D eigenvalue weighted by molar-refractivity contribution is 0.116. The Hall–Kier alpha value is -1.85. The van der Waals surface area contributed by atoms with Gasteiger partial charge in [-0.3, -0.25) is 0 Å². The fourth-order valence-corrected chi connectivity index (χ4v) is 2.51. The Morgan fingerprint density at radius 1 is 1.47 bits per heavy atom. The third kappa shape index (κ3) is 3.33. The first-order valence-electron chi connectivity index (χ1n) is 6.70. The summed E-state index contributed by atoms with van der Waals surface area (Å²) in [4.78, 5) is 8.19. The highest BCUT2D eigenvalue weighted by Gasteiger charge is 2.24. The van der Waals surface area contributed by atoms with Crippen LogP contribution in [0.4, 0.5) is 0 Å². The molecule has 104 valence electrons. The molecular weight excluding hydrogens is 244 g/mol. The molecule has 0 aliphatic heterocycles. The van der Waals surface area contributed by atoms with Gasteiger partial charge in [0.05, 0.1) is 0 Å². The summed E-state index contributed by atoms with van der Waals surface area (Å²) in [6, 6.07) is 0. The lowest BCUT2D eigenvalue weighted by atomic mass is 9.85. The highest BCUT2D eigenvalue weighted by Crippen LogP contribution is 2.29. The van der Waals surface area contributed by atoms with Gasteiger partial charge in [-0.2, -0.15) is 0 Å². The first-order valence-corrected chi connectivity index (χ1v) is 6.70. The number of nitrogens with two attached hydrogens (primary N) is 1. The minimum Gasteiger partial charge on any atom is -0.473 e. The van der Waals surface area contributed by atoms with Crippen LogP contribution >= 0.6 is 0 Å². The number of amidine groups is 1. The molecule has 3 N–H and O–H groups in total. The molecule has 2 atom stereocenters. The standard InChI is InChI=1S/C13H20N4O2/c1-2-9-4-3-5-10(8-9)19-13-11(12(14)17-18)15-6-7-16-13/h6-7,9-10,18H,2-5,8H2,1H3,(H2,14,17). The van der Waals surface area contributed by atoms with Gasteiger partial charge in [-0.1, -0.05) is 24.9 Å². The molecule has 1 aliphatic rings. The molecule has 0 spiro atoms. The molecule has 1 saturated carbocycles. The molecule has 1 aliphatic carbocycles. The largest absolute Gasteiger partial charge is 0.473 e. The summed E-state index contributed by atoms with van der Waals surface area (Å²) in [6.45, 7) is 2.21. The molecule has 0 saturated heterocycles. The van der Waals surface area contributed by atoms with Gasteiger partial charge < -0.3 is 15.7 Å². The van der Waals surface area contributed by atoms with Crippen molar-refractivity contribution in [2.45, 2.75) is 45.1 Å². The maximum Gasteiger partial charge on any atom is 0.244 e. The number of rotatable bonds is 4. The normalized spacial score (nSPS) is 24.2. The van der Waals surface area contributed by atoms with Crippen molar-refractivity contribution in [3.05, 3.63) is 18.1 Å². The molecule has 19 heavy (non-hydrogen) atoms. The Labute approximate surface area is 112 Å². The number of hydrogen-bond donors (Lipinski definition) is 2. The summed E-state index contributed by atoms with van der Waals surface area (Å²) in [7, 11) is 0. The van der Waals surface area contributed by atoms with Crippen LogP contribution in [0.1, 0.15) is 44.7 Å². The Balaban J connectivity index is 2.10. The van der Waals surface area contributed by atoms with E-state index in [0.29, 0.717) is 17.5 Å². The van der Waals surface area contributed by atoms with E-state index in [-0.39, 0.29) is 11.9 Å². The van der Waals surface area contributed by atoms with Crippen molar-refractivity contribution in [1.29, 1.82) is 0 Å².